The molecule has 3 aliphatic rings. The molecular formula is C33H45F2N3O3. The molecule has 0 radical (unpaired) electrons. The van der Waals surface area contributed by atoms with Gasteiger partial charge >= 0.3 is 0 Å². The highest BCUT2D eigenvalue weighted by Gasteiger charge is 2.41. The zero-order chi connectivity index (χ0) is 28.8. The molecule has 1 amide bonds. The number of nitrogens with zero attached hydrogens (tertiary/aromatic N) is 3. The van der Waals surface area contributed by atoms with Gasteiger partial charge in [0, 0.05) is 19.1 Å². The third-order valence-electron chi connectivity index (χ3n) is 8.91. The summed E-state index contributed by atoms with van der Waals surface area (Å²) in [5.74, 6) is -1.04. The number of likely N-dealkylation sites (tertiary alicyclic amines) is 2. The van der Waals surface area contributed by atoms with E-state index < -0.39 is 17.2 Å². The predicted octanol–water partition coefficient (Wildman–Crippen LogP) is 5.39. The summed E-state index contributed by atoms with van der Waals surface area (Å²) in [6, 6.07) is 12.3. The number of hydrogen-bond acceptors (Lipinski definition) is 5. The average Bonchev–Trinajstić information content (AvgIpc) is 2.98. The van der Waals surface area contributed by atoms with Crippen LogP contribution in [-0.4, -0.2) is 85.2 Å². The molecule has 0 aliphatic carbocycles. The lowest BCUT2D eigenvalue weighted by molar-refractivity contribution is -0.154. The first-order valence-corrected chi connectivity index (χ1v) is 15.4. The van der Waals surface area contributed by atoms with Crippen LogP contribution in [-0.2, 0) is 21.6 Å². The number of hydrogen-bond donors (Lipinski definition) is 0. The second kappa shape index (κ2) is 13.6. The normalized spacial score (nSPS) is 23.2. The number of rotatable bonds is 9. The van der Waals surface area contributed by atoms with E-state index in [0.717, 1.165) is 43.8 Å². The van der Waals surface area contributed by atoms with E-state index in [1.807, 2.05) is 43.0 Å². The molecule has 5 rings (SSSR count). The van der Waals surface area contributed by atoms with Gasteiger partial charge < -0.3 is 24.2 Å². The standard InChI is InChI=1S/C33H45F2N3O3/c1-25(2)41-29-8-6-7-26(21-29)22-32(39)38-19-20-40-33(24-38,27-9-10-30(34)31(35)23-27)13-18-36-16-11-28(12-17-36)37-14-4-3-5-15-37/h6-10,21,23,25,28H,3-5,11-20,22,24H2,1-2H3. The van der Waals surface area contributed by atoms with Crippen LogP contribution >= 0.6 is 0 Å². The van der Waals surface area contributed by atoms with Crippen LogP contribution in [0.1, 0.15) is 63.5 Å². The number of benzene rings is 2. The van der Waals surface area contributed by atoms with Crippen molar-refractivity contribution in [1.29, 1.82) is 0 Å². The molecule has 41 heavy (non-hydrogen) atoms. The van der Waals surface area contributed by atoms with Gasteiger partial charge in [0.05, 0.1) is 25.7 Å². The molecule has 0 bridgehead atoms. The Hall–Kier alpha value is -2.55. The van der Waals surface area contributed by atoms with Crippen molar-refractivity contribution in [2.24, 2.45) is 0 Å². The molecule has 1 atom stereocenters. The maximum atomic E-state index is 14.5. The minimum Gasteiger partial charge on any atom is -0.491 e. The first kappa shape index (κ1) is 29.9. The molecule has 3 fully saturated rings. The van der Waals surface area contributed by atoms with Crippen LogP contribution in [0.5, 0.6) is 5.75 Å². The number of piperidine rings is 2. The Morgan fingerprint density at radius 3 is 2.51 bits per heavy atom. The minimum atomic E-state index is -0.894. The summed E-state index contributed by atoms with van der Waals surface area (Å²) in [7, 11) is 0. The first-order valence-electron chi connectivity index (χ1n) is 15.4. The van der Waals surface area contributed by atoms with E-state index in [2.05, 4.69) is 9.80 Å². The van der Waals surface area contributed by atoms with E-state index in [1.165, 1.54) is 44.5 Å². The van der Waals surface area contributed by atoms with Gasteiger partial charge in [-0.2, -0.15) is 0 Å². The number of halogens is 2. The zero-order valence-corrected chi connectivity index (χ0v) is 24.6. The fraction of sp³-hybridized carbons (Fsp3) is 0.606. The Labute approximate surface area is 243 Å². The Bertz CT molecular complexity index is 1160. The molecule has 2 aromatic carbocycles. The Morgan fingerprint density at radius 1 is 1.00 bits per heavy atom. The highest BCUT2D eigenvalue weighted by atomic mass is 19.2. The fourth-order valence-corrected chi connectivity index (χ4v) is 6.66. The van der Waals surface area contributed by atoms with Crippen molar-refractivity contribution in [3.63, 3.8) is 0 Å². The Balaban J connectivity index is 1.27. The Morgan fingerprint density at radius 2 is 1.78 bits per heavy atom. The zero-order valence-electron chi connectivity index (χ0n) is 24.6. The van der Waals surface area contributed by atoms with Crippen LogP contribution in [0, 0.1) is 11.6 Å². The third-order valence-corrected chi connectivity index (χ3v) is 8.91. The fourth-order valence-electron chi connectivity index (χ4n) is 6.66. The molecule has 0 aromatic heterocycles. The van der Waals surface area contributed by atoms with E-state index >= 15 is 0 Å². The highest BCUT2D eigenvalue weighted by molar-refractivity contribution is 5.79. The van der Waals surface area contributed by atoms with Gasteiger partial charge in [-0.3, -0.25) is 4.79 Å². The lowest BCUT2D eigenvalue weighted by atomic mass is 9.87. The molecule has 224 valence electrons. The van der Waals surface area contributed by atoms with Crippen LogP contribution in [0.3, 0.4) is 0 Å². The van der Waals surface area contributed by atoms with Gasteiger partial charge in [-0.15, -0.1) is 0 Å². The lowest BCUT2D eigenvalue weighted by Crippen LogP contribution is -2.54. The SMILES string of the molecule is CC(C)Oc1cccc(CC(=O)N2CCOC(CCN3CCC(N4CCCCC4)CC3)(c3ccc(F)c(F)c3)C2)c1. The van der Waals surface area contributed by atoms with Gasteiger partial charge in [0.2, 0.25) is 5.91 Å². The molecule has 1 unspecified atom stereocenters. The first-order chi connectivity index (χ1) is 19.8. The summed E-state index contributed by atoms with van der Waals surface area (Å²) in [4.78, 5) is 20.5. The van der Waals surface area contributed by atoms with Crippen LogP contribution in [0.4, 0.5) is 8.78 Å². The molecule has 0 saturated carbocycles. The highest BCUT2D eigenvalue weighted by Crippen LogP contribution is 2.35. The number of carbonyl (C=O) groups excluding carboxylic acids is 1. The summed E-state index contributed by atoms with van der Waals surface area (Å²) in [6.07, 6.45) is 7.17. The van der Waals surface area contributed by atoms with E-state index in [1.54, 1.807) is 6.07 Å². The van der Waals surface area contributed by atoms with Gasteiger partial charge in [-0.1, -0.05) is 24.6 Å². The number of morpholine rings is 1. The number of ether oxygens (including phenoxy) is 2. The lowest BCUT2D eigenvalue weighted by Gasteiger charge is -2.45. The van der Waals surface area contributed by atoms with Gasteiger partial charge in [0.1, 0.15) is 11.4 Å². The Kier molecular flexibility index (Phi) is 9.94. The number of carbonyl (C=O) groups is 1. The van der Waals surface area contributed by atoms with Crippen LogP contribution in [0.25, 0.3) is 0 Å². The molecule has 0 N–H and O–H groups in total. The largest absolute Gasteiger partial charge is 0.491 e. The summed E-state index contributed by atoms with van der Waals surface area (Å²) >= 11 is 0. The second-order valence-corrected chi connectivity index (χ2v) is 12.2. The van der Waals surface area contributed by atoms with Crippen molar-refractivity contribution >= 4 is 5.91 Å². The summed E-state index contributed by atoms with van der Waals surface area (Å²) in [6.45, 7) is 10.3. The third kappa shape index (κ3) is 7.65. The van der Waals surface area contributed by atoms with Crippen LogP contribution < -0.4 is 4.74 Å². The van der Waals surface area contributed by atoms with Gasteiger partial charge in [-0.25, -0.2) is 8.78 Å². The molecular weight excluding hydrogens is 524 g/mol. The van der Waals surface area contributed by atoms with E-state index in [9.17, 15) is 13.6 Å². The van der Waals surface area contributed by atoms with E-state index in [4.69, 9.17) is 9.47 Å². The quantitative estimate of drug-likeness (QED) is 0.405. The molecule has 3 saturated heterocycles. The molecule has 6 nitrogen and oxygen atoms in total. The smallest absolute Gasteiger partial charge is 0.227 e. The summed E-state index contributed by atoms with van der Waals surface area (Å²) in [5, 5.41) is 0. The summed E-state index contributed by atoms with van der Waals surface area (Å²) < 4.78 is 40.6. The summed E-state index contributed by atoms with van der Waals surface area (Å²) in [5.41, 5.74) is 0.577. The van der Waals surface area contributed by atoms with Crippen molar-refractivity contribution in [2.45, 2.75) is 76.5 Å². The van der Waals surface area contributed by atoms with E-state index in [0.29, 0.717) is 37.7 Å². The topological polar surface area (TPSA) is 45.2 Å². The molecule has 2 aromatic rings. The maximum Gasteiger partial charge on any atom is 0.227 e. The van der Waals surface area contributed by atoms with Gasteiger partial charge in [0.25, 0.3) is 0 Å². The van der Waals surface area contributed by atoms with Gasteiger partial charge in [-0.05, 0) is 108 Å². The average molecular weight is 570 g/mol. The molecule has 3 aliphatic heterocycles. The molecule has 3 heterocycles. The van der Waals surface area contributed by atoms with Crippen LogP contribution in [0.2, 0.25) is 0 Å². The van der Waals surface area contributed by atoms with Crippen molar-refractivity contribution in [3.05, 3.63) is 65.2 Å². The van der Waals surface area contributed by atoms with Crippen LogP contribution in [0.15, 0.2) is 42.5 Å². The number of amides is 1. The monoisotopic (exact) mass is 569 g/mol. The second-order valence-electron chi connectivity index (χ2n) is 12.2. The minimum absolute atomic E-state index is 0.00991. The van der Waals surface area contributed by atoms with Crippen molar-refractivity contribution < 1.29 is 23.0 Å². The van der Waals surface area contributed by atoms with Crippen molar-refractivity contribution in [1.82, 2.24) is 14.7 Å². The van der Waals surface area contributed by atoms with Gasteiger partial charge in [0.15, 0.2) is 11.6 Å². The predicted molar refractivity (Wildman–Crippen MR) is 156 cm³/mol. The van der Waals surface area contributed by atoms with Crippen molar-refractivity contribution in [3.8, 4) is 5.75 Å². The molecule has 8 heteroatoms. The maximum absolute atomic E-state index is 14.5. The molecule has 0 spiro atoms. The van der Waals surface area contributed by atoms with Crippen molar-refractivity contribution in [2.75, 3.05) is 52.4 Å². The van der Waals surface area contributed by atoms with E-state index in [-0.39, 0.29) is 18.4 Å².